The van der Waals surface area contributed by atoms with Gasteiger partial charge in [-0.2, -0.15) is 0 Å². The normalized spacial score (nSPS) is 15.5. The molecule has 1 fully saturated rings. The van der Waals surface area contributed by atoms with Crippen molar-refractivity contribution in [1.82, 2.24) is 34.4 Å². The molecule has 0 amide bonds. The number of piperazine rings is 1. The summed E-state index contributed by atoms with van der Waals surface area (Å²) in [6.45, 7) is 10.6. The van der Waals surface area contributed by atoms with E-state index in [0.29, 0.717) is 0 Å². The summed E-state index contributed by atoms with van der Waals surface area (Å²) in [5.74, 6) is 0.894. The van der Waals surface area contributed by atoms with E-state index in [9.17, 15) is 0 Å². The summed E-state index contributed by atoms with van der Waals surface area (Å²) in [4.78, 5) is 13.3. The second-order valence-electron chi connectivity index (χ2n) is 7.97. The van der Waals surface area contributed by atoms with E-state index >= 15 is 0 Å². The molecule has 4 aromatic rings. The van der Waals surface area contributed by atoms with Crippen molar-refractivity contribution in [3.05, 3.63) is 47.8 Å². The van der Waals surface area contributed by atoms with Crippen LogP contribution < -0.4 is 4.90 Å². The third-order valence-corrected chi connectivity index (χ3v) is 5.92. The van der Waals surface area contributed by atoms with Gasteiger partial charge in [0.25, 0.3) is 0 Å². The summed E-state index contributed by atoms with van der Waals surface area (Å²) in [5.41, 5.74) is 7.88. The monoisotopic (exact) mass is 390 g/mol. The van der Waals surface area contributed by atoms with Crippen molar-refractivity contribution in [2.75, 3.05) is 38.1 Å². The molecular formula is C21H26N8. The number of nitrogens with one attached hydrogen (secondary N) is 1. The third kappa shape index (κ3) is 3.00. The van der Waals surface area contributed by atoms with E-state index in [-0.39, 0.29) is 0 Å². The fourth-order valence-corrected chi connectivity index (χ4v) is 4.29. The number of likely N-dealkylation sites (N-methyl/N-ethyl adjacent to an activating group) is 1. The van der Waals surface area contributed by atoms with Gasteiger partial charge in [-0.15, -0.1) is 10.2 Å². The first-order chi connectivity index (χ1) is 14.0. The molecule has 0 atom stereocenters. The Morgan fingerprint density at radius 1 is 0.931 bits per heavy atom. The van der Waals surface area contributed by atoms with Crippen molar-refractivity contribution in [3.63, 3.8) is 0 Å². The van der Waals surface area contributed by atoms with Crippen molar-refractivity contribution in [2.24, 2.45) is 0 Å². The smallest absolute Gasteiger partial charge is 0.140 e. The van der Waals surface area contributed by atoms with Crippen LogP contribution >= 0.6 is 0 Å². The number of imidazole rings is 1. The Bertz CT molecular complexity index is 1160. The number of aryl methyl sites for hydroxylation is 2. The van der Waals surface area contributed by atoms with Gasteiger partial charge in [0.05, 0.1) is 11.0 Å². The maximum atomic E-state index is 4.94. The Kier molecular flexibility index (Phi) is 4.16. The molecule has 5 rings (SSSR count). The lowest BCUT2D eigenvalue weighted by Crippen LogP contribution is -2.44. The van der Waals surface area contributed by atoms with Crippen molar-refractivity contribution in [3.8, 4) is 11.4 Å². The minimum absolute atomic E-state index is 0.894. The topological polar surface area (TPSA) is 70.8 Å². The number of nitrogens with zero attached hydrogens (tertiary/aromatic N) is 7. The minimum atomic E-state index is 0.894. The second-order valence-corrected chi connectivity index (χ2v) is 7.97. The fourth-order valence-electron chi connectivity index (χ4n) is 4.29. The molecule has 0 unspecified atom stereocenters. The van der Waals surface area contributed by atoms with Crippen LogP contribution in [0.3, 0.4) is 0 Å². The Hall–Kier alpha value is -3.13. The van der Waals surface area contributed by atoms with E-state index in [4.69, 9.17) is 4.98 Å². The van der Waals surface area contributed by atoms with E-state index < -0.39 is 0 Å². The van der Waals surface area contributed by atoms with Crippen molar-refractivity contribution < 1.29 is 0 Å². The van der Waals surface area contributed by atoms with E-state index in [2.05, 4.69) is 75.7 Å². The van der Waals surface area contributed by atoms with Crippen LogP contribution in [0.2, 0.25) is 0 Å². The van der Waals surface area contributed by atoms with Gasteiger partial charge in [0, 0.05) is 48.8 Å². The molecule has 0 spiro atoms. The molecule has 3 aromatic heterocycles. The lowest BCUT2D eigenvalue weighted by atomic mass is 10.1. The zero-order valence-electron chi connectivity index (χ0n) is 17.3. The van der Waals surface area contributed by atoms with Crippen molar-refractivity contribution in [1.29, 1.82) is 0 Å². The molecule has 1 aromatic carbocycles. The predicted octanol–water partition coefficient (Wildman–Crippen LogP) is 2.61. The number of benzene rings is 1. The number of hydrogen-bond acceptors (Lipinski definition) is 5. The Morgan fingerprint density at radius 3 is 2.38 bits per heavy atom. The van der Waals surface area contributed by atoms with Crippen LogP contribution in [0, 0.1) is 20.8 Å². The zero-order valence-corrected chi connectivity index (χ0v) is 17.3. The number of aromatic amines is 1. The SMILES string of the molecule is Cc1cc(N2CCN(C)CC2)cc2[nH]c(-c3cc(C)n(-n4cnnc4)c3C)nc12. The molecule has 8 nitrogen and oxygen atoms in total. The van der Waals surface area contributed by atoms with Crippen LogP contribution in [0.1, 0.15) is 17.0 Å². The van der Waals surface area contributed by atoms with E-state index in [0.717, 1.165) is 60.0 Å². The summed E-state index contributed by atoms with van der Waals surface area (Å²) in [6, 6.07) is 6.66. The molecule has 1 saturated heterocycles. The highest BCUT2D eigenvalue weighted by molar-refractivity contribution is 5.86. The average Bonchev–Trinajstić information content (AvgIpc) is 3.41. The van der Waals surface area contributed by atoms with Crippen LogP contribution in [0.15, 0.2) is 30.9 Å². The summed E-state index contributed by atoms with van der Waals surface area (Å²) in [7, 11) is 2.18. The van der Waals surface area contributed by atoms with Crippen LogP contribution in [0.4, 0.5) is 5.69 Å². The lowest BCUT2D eigenvalue weighted by Gasteiger charge is -2.34. The van der Waals surface area contributed by atoms with E-state index in [1.165, 1.54) is 11.3 Å². The number of anilines is 1. The first-order valence-electron chi connectivity index (χ1n) is 10.00. The quantitative estimate of drug-likeness (QED) is 0.582. The van der Waals surface area contributed by atoms with Gasteiger partial charge < -0.3 is 14.8 Å². The van der Waals surface area contributed by atoms with Crippen LogP contribution in [-0.4, -0.2) is 67.6 Å². The van der Waals surface area contributed by atoms with Gasteiger partial charge in [0.15, 0.2) is 0 Å². The van der Waals surface area contributed by atoms with Gasteiger partial charge in [-0.05, 0) is 51.6 Å². The first-order valence-corrected chi connectivity index (χ1v) is 10.00. The summed E-state index contributed by atoms with van der Waals surface area (Å²) < 4.78 is 3.97. The second kappa shape index (κ2) is 6.73. The summed E-state index contributed by atoms with van der Waals surface area (Å²) in [6.07, 6.45) is 3.41. The molecule has 0 saturated carbocycles. The lowest BCUT2D eigenvalue weighted by molar-refractivity contribution is 0.313. The summed E-state index contributed by atoms with van der Waals surface area (Å²) >= 11 is 0. The largest absolute Gasteiger partial charge is 0.369 e. The van der Waals surface area contributed by atoms with Gasteiger partial charge in [0.2, 0.25) is 0 Å². The number of aromatic nitrogens is 6. The highest BCUT2D eigenvalue weighted by Gasteiger charge is 2.19. The van der Waals surface area contributed by atoms with Crippen LogP contribution in [0.5, 0.6) is 0 Å². The highest BCUT2D eigenvalue weighted by atomic mass is 15.5. The zero-order chi connectivity index (χ0) is 20.1. The molecule has 150 valence electrons. The first kappa shape index (κ1) is 17.9. The third-order valence-electron chi connectivity index (χ3n) is 5.92. The Balaban J connectivity index is 1.56. The molecule has 0 bridgehead atoms. The van der Waals surface area contributed by atoms with Gasteiger partial charge in [-0.3, -0.25) is 4.68 Å². The Labute approximate surface area is 169 Å². The van der Waals surface area contributed by atoms with E-state index in [1.54, 1.807) is 12.7 Å². The highest BCUT2D eigenvalue weighted by Crippen LogP contribution is 2.30. The fraction of sp³-hybridized carbons (Fsp3) is 0.381. The predicted molar refractivity (Wildman–Crippen MR) is 114 cm³/mol. The molecule has 29 heavy (non-hydrogen) atoms. The molecule has 0 radical (unpaired) electrons. The number of H-pyrrole nitrogens is 1. The molecular weight excluding hydrogens is 364 g/mol. The molecule has 8 heteroatoms. The minimum Gasteiger partial charge on any atom is -0.369 e. The van der Waals surface area contributed by atoms with Crippen LogP contribution in [0.25, 0.3) is 22.4 Å². The Morgan fingerprint density at radius 2 is 1.66 bits per heavy atom. The van der Waals surface area contributed by atoms with Crippen LogP contribution in [-0.2, 0) is 0 Å². The maximum absolute atomic E-state index is 4.94. The molecule has 4 heterocycles. The van der Waals surface area contributed by atoms with Gasteiger partial charge >= 0.3 is 0 Å². The van der Waals surface area contributed by atoms with Gasteiger partial charge in [-0.1, -0.05) is 0 Å². The van der Waals surface area contributed by atoms with Gasteiger partial charge in [0.1, 0.15) is 18.5 Å². The standard InChI is InChI=1S/C21H26N8/c1-14-9-17(27-7-5-26(4)6-8-27)11-19-20(14)25-21(24-19)18-10-15(2)29(16(18)3)28-12-22-23-13-28/h9-13H,5-8H2,1-4H3,(H,24,25). The molecule has 1 aliphatic rings. The molecule has 1 N–H and O–H groups in total. The van der Waals surface area contributed by atoms with Crippen molar-refractivity contribution >= 4 is 16.7 Å². The molecule has 1 aliphatic heterocycles. The number of rotatable bonds is 3. The maximum Gasteiger partial charge on any atom is 0.140 e. The molecule has 0 aliphatic carbocycles. The number of hydrogen-bond donors (Lipinski definition) is 1. The van der Waals surface area contributed by atoms with Gasteiger partial charge in [-0.25, -0.2) is 9.66 Å². The average molecular weight is 390 g/mol. The van der Waals surface area contributed by atoms with E-state index in [1.807, 2.05) is 4.68 Å². The van der Waals surface area contributed by atoms with Crippen molar-refractivity contribution in [2.45, 2.75) is 20.8 Å². The summed E-state index contributed by atoms with van der Waals surface area (Å²) in [5, 5.41) is 7.86. The number of fused-ring (bicyclic) bond motifs is 1.